The Bertz CT molecular complexity index is 556. The van der Waals surface area contributed by atoms with Crippen LogP contribution in [0.4, 0.5) is 0 Å². The molecule has 0 saturated carbocycles. The van der Waals surface area contributed by atoms with E-state index in [1.54, 1.807) is 6.92 Å². The number of nitrogens with two attached hydrogens (primary N) is 1. The Morgan fingerprint density at radius 2 is 1.42 bits per heavy atom. The number of nitrogens with zero attached hydrogens (tertiary/aromatic N) is 1. The van der Waals surface area contributed by atoms with Gasteiger partial charge in [-0.15, -0.1) is 0 Å². The van der Waals surface area contributed by atoms with Gasteiger partial charge in [0.05, 0.1) is 6.04 Å². The number of rotatable bonds is 10. The van der Waals surface area contributed by atoms with Crippen LogP contribution in [-0.2, 0) is 17.9 Å². The predicted molar refractivity (Wildman–Crippen MR) is 99.5 cm³/mol. The van der Waals surface area contributed by atoms with E-state index in [-0.39, 0.29) is 11.8 Å². The van der Waals surface area contributed by atoms with Crippen molar-refractivity contribution in [2.75, 3.05) is 6.54 Å². The van der Waals surface area contributed by atoms with Crippen LogP contribution in [0.15, 0.2) is 60.7 Å². The lowest BCUT2D eigenvalue weighted by Gasteiger charge is -2.30. The monoisotopic (exact) mass is 324 g/mol. The number of unbranched alkanes of at least 4 members (excludes halogenated alkanes) is 1. The molecule has 0 aliphatic heterocycles. The lowest BCUT2D eigenvalue weighted by molar-refractivity contribution is -0.123. The third-order valence-electron chi connectivity index (χ3n) is 4.30. The fourth-order valence-electron chi connectivity index (χ4n) is 3.04. The van der Waals surface area contributed by atoms with E-state index in [0.717, 1.165) is 32.4 Å². The molecule has 0 spiro atoms. The summed E-state index contributed by atoms with van der Waals surface area (Å²) in [7, 11) is 0. The van der Waals surface area contributed by atoms with Crippen LogP contribution in [0.1, 0.15) is 37.3 Å². The van der Waals surface area contributed by atoms with Gasteiger partial charge in [0.1, 0.15) is 5.78 Å². The predicted octanol–water partition coefficient (Wildman–Crippen LogP) is 3.78. The molecule has 0 radical (unpaired) electrons. The smallest absolute Gasteiger partial charge is 0.146 e. The van der Waals surface area contributed by atoms with Gasteiger partial charge in [0.25, 0.3) is 0 Å². The van der Waals surface area contributed by atoms with E-state index < -0.39 is 0 Å². The summed E-state index contributed by atoms with van der Waals surface area (Å²) in [6, 6.07) is 20.7. The number of hydrogen-bond donors (Lipinski definition) is 1. The molecule has 0 fully saturated rings. The number of carbonyl (C=O) groups is 1. The second kappa shape index (κ2) is 10.0. The van der Waals surface area contributed by atoms with E-state index in [9.17, 15) is 4.79 Å². The number of hydrogen-bond acceptors (Lipinski definition) is 3. The van der Waals surface area contributed by atoms with Gasteiger partial charge in [0, 0.05) is 13.1 Å². The topological polar surface area (TPSA) is 46.3 Å². The maximum Gasteiger partial charge on any atom is 0.146 e. The van der Waals surface area contributed by atoms with Crippen molar-refractivity contribution in [2.24, 2.45) is 5.73 Å². The zero-order chi connectivity index (χ0) is 17.2. The van der Waals surface area contributed by atoms with Crippen LogP contribution in [-0.4, -0.2) is 23.3 Å². The molecule has 0 amide bonds. The molecule has 3 heteroatoms. The molecule has 0 bridgehead atoms. The van der Waals surface area contributed by atoms with Crippen molar-refractivity contribution < 1.29 is 4.79 Å². The second-order valence-corrected chi connectivity index (χ2v) is 6.29. The highest BCUT2D eigenvalue weighted by Crippen LogP contribution is 2.18. The number of ketones is 1. The molecular weight excluding hydrogens is 296 g/mol. The molecule has 1 unspecified atom stereocenters. The first-order chi connectivity index (χ1) is 11.7. The molecule has 2 aromatic rings. The van der Waals surface area contributed by atoms with Crippen molar-refractivity contribution in [3.63, 3.8) is 0 Å². The van der Waals surface area contributed by atoms with Crippen LogP contribution in [0.3, 0.4) is 0 Å². The third-order valence-corrected chi connectivity index (χ3v) is 4.30. The minimum Gasteiger partial charge on any atom is -0.330 e. The standard InChI is InChI=1S/C21H28N2O/c1-18(24)21(14-8-9-15-22)23(16-19-10-4-2-5-11-19)17-20-12-6-3-7-13-20/h2-7,10-13,21H,8-9,14-17,22H2,1H3. The lowest BCUT2D eigenvalue weighted by atomic mass is 10.0. The van der Waals surface area contributed by atoms with Gasteiger partial charge in [0.15, 0.2) is 0 Å². The maximum atomic E-state index is 12.3. The molecule has 0 aliphatic carbocycles. The van der Waals surface area contributed by atoms with E-state index in [1.807, 2.05) is 36.4 Å². The Balaban J connectivity index is 2.17. The highest BCUT2D eigenvalue weighted by Gasteiger charge is 2.22. The lowest BCUT2D eigenvalue weighted by Crippen LogP contribution is -2.39. The van der Waals surface area contributed by atoms with Crippen LogP contribution < -0.4 is 5.73 Å². The first-order valence-electron chi connectivity index (χ1n) is 8.73. The fraction of sp³-hybridized carbons (Fsp3) is 0.381. The Morgan fingerprint density at radius 3 is 1.83 bits per heavy atom. The summed E-state index contributed by atoms with van der Waals surface area (Å²) in [6.07, 6.45) is 2.82. The highest BCUT2D eigenvalue weighted by molar-refractivity contribution is 5.81. The van der Waals surface area contributed by atoms with Crippen LogP contribution >= 0.6 is 0 Å². The fourth-order valence-corrected chi connectivity index (χ4v) is 3.04. The molecule has 3 nitrogen and oxygen atoms in total. The second-order valence-electron chi connectivity index (χ2n) is 6.29. The molecular formula is C21H28N2O. The summed E-state index contributed by atoms with van der Waals surface area (Å²) in [5, 5.41) is 0. The van der Waals surface area contributed by atoms with E-state index in [0.29, 0.717) is 6.54 Å². The van der Waals surface area contributed by atoms with Crippen LogP contribution in [0, 0.1) is 0 Å². The van der Waals surface area contributed by atoms with Crippen LogP contribution in [0.5, 0.6) is 0 Å². The molecule has 0 saturated heterocycles. The van der Waals surface area contributed by atoms with Gasteiger partial charge in [-0.3, -0.25) is 9.69 Å². The SMILES string of the molecule is CC(=O)C(CCCCN)N(Cc1ccccc1)Cc1ccccc1. The Labute approximate surface area is 145 Å². The van der Waals surface area contributed by atoms with Crippen LogP contribution in [0.25, 0.3) is 0 Å². The van der Waals surface area contributed by atoms with E-state index in [4.69, 9.17) is 5.73 Å². The first kappa shape index (κ1) is 18.4. The average molecular weight is 324 g/mol. The summed E-state index contributed by atoms with van der Waals surface area (Å²) < 4.78 is 0. The van der Waals surface area contributed by atoms with E-state index in [2.05, 4.69) is 29.2 Å². The number of benzene rings is 2. The van der Waals surface area contributed by atoms with Gasteiger partial charge in [-0.1, -0.05) is 67.1 Å². The van der Waals surface area contributed by atoms with Crippen molar-refractivity contribution >= 4 is 5.78 Å². The molecule has 24 heavy (non-hydrogen) atoms. The summed E-state index contributed by atoms with van der Waals surface area (Å²) in [6.45, 7) is 3.95. The van der Waals surface area contributed by atoms with Crippen LogP contribution in [0.2, 0.25) is 0 Å². The zero-order valence-electron chi connectivity index (χ0n) is 14.5. The molecule has 2 N–H and O–H groups in total. The maximum absolute atomic E-state index is 12.3. The van der Waals surface area contributed by atoms with Gasteiger partial charge >= 0.3 is 0 Å². The molecule has 2 rings (SSSR count). The van der Waals surface area contributed by atoms with Crippen molar-refractivity contribution in [3.8, 4) is 0 Å². The number of carbonyl (C=O) groups excluding carboxylic acids is 1. The minimum absolute atomic E-state index is 0.0584. The zero-order valence-corrected chi connectivity index (χ0v) is 14.5. The van der Waals surface area contributed by atoms with Crippen molar-refractivity contribution in [2.45, 2.75) is 45.3 Å². The Hall–Kier alpha value is -1.97. The van der Waals surface area contributed by atoms with Gasteiger partial charge in [-0.25, -0.2) is 0 Å². The van der Waals surface area contributed by atoms with Crippen molar-refractivity contribution in [1.29, 1.82) is 0 Å². The Morgan fingerprint density at radius 1 is 0.917 bits per heavy atom. The van der Waals surface area contributed by atoms with Gasteiger partial charge in [0.2, 0.25) is 0 Å². The number of Topliss-reactive ketones (excluding diaryl/α,β-unsaturated/α-hetero) is 1. The Kier molecular flexibility index (Phi) is 7.66. The largest absolute Gasteiger partial charge is 0.330 e. The minimum atomic E-state index is -0.0584. The van der Waals surface area contributed by atoms with Gasteiger partial charge in [-0.2, -0.15) is 0 Å². The third kappa shape index (κ3) is 5.91. The first-order valence-corrected chi connectivity index (χ1v) is 8.73. The summed E-state index contributed by atoms with van der Waals surface area (Å²) in [4.78, 5) is 14.6. The van der Waals surface area contributed by atoms with Gasteiger partial charge < -0.3 is 5.73 Å². The summed E-state index contributed by atoms with van der Waals surface area (Å²) in [5.74, 6) is 0.235. The quantitative estimate of drug-likeness (QED) is 0.677. The van der Waals surface area contributed by atoms with Crippen molar-refractivity contribution in [1.82, 2.24) is 4.90 Å². The molecule has 0 aromatic heterocycles. The summed E-state index contributed by atoms with van der Waals surface area (Å²) >= 11 is 0. The average Bonchev–Trinajstić information content (AvgIpc) is 2.60. The molecule has 0 aliphatic rings. The normalized spacial score (nSPS) is 12.3. The molecule has 1 atom stereocenters. The highest BCUT2D eigenvalue weighted by atomic mass is 16.1. The van der Waals surface area contributed by atoms with Gasteiger partial charge in [-0.05, 0) is 37.4 Å². The van der Waals surface area contributed by atoms with E-state index >= 15 is 0 Å². The van der Waals surface area contributed by atoms with E-state index in [1.165, 1.54) is 11.1 Å². The molecule has 0 heterocycles. The molecule has 2 aromatic carbocycles. The summed E-state index contributed by atoms with van der Waals surface area (Å²) in [5.41, 5.74) is 8.08. The molecule has 128 valence electrons. The van der Waals surface area contributed by atoms with Crippen molar-refractivity contribution in [3.05, 3.63) is 71.8 Å².